The van der Waals surface area contributed by atoms with Crippen molar-refractivity contribution in [1.82, 2.24) is 0 Å². The number of carbonyl (C=O) groups is 2. The van der Waals surface area contributed by atoms with Gasteiger partial charge in [-0.3, -0.25) is 0 Å². The second-order valence-electron chi connectivity index (χ2n) is 2.14. The number of carboxylic acids is 2. The molecule has 0 heterocycles. The Kier molecular flexibility index (Phi) is 12.4. The molecule has 0 aliphatic rings. The summed E-state index contributed by atoms with van der Waals surface area (Å²) < 4.78 is 0. The average Bonchev–Trinajstić information content (AvgIpc) is 1.88. The molecule has 0 aromatic rings. The summed E-state index contributed by atoms with van der Waals surface area (Å²) in [6, 6.07) is 0. The van der Waals surface area contributed by atoms with Gasteiger partial charge in [-0.15, -0.1) is 0 Å². The van der Waals surface area contributed by atoms with Gasteiger partial charge in [-0.25, -0.2) is 0 Å². The van der Waals surface area contributed by atoms with Crippen molar-refractivity contribution in [2.24, 2.45) is 0 Å². The van der Waals surface area contributed by atoms with E-state index in [0.29, 0.717) is 0 Å². The van der Waals surface area contributed by atoms with Crippen molar-refractivity contribution in [2.45, 2.75) is 13.8 Å². The Morgan fingerprint density at radius 1 is 0.923 bits per heavy atom. The van der Waals surface area contributed by atoms with Crippen LogP contribution >= 0.6 is 0 Å². The van der Waals surface area contributed by atoms with Gasteiger partial charge in [0.05, 0.1) is 11.9 Å². The molecule has 4 nitrogen and oxygen atoms in total. The smallest absolute Gasteiger partial charge is 0.545 e. The Labute approximate surface area is 87.7 Å². The predicted octanol–water partition coefficient (Wildman–Crippen LogP) is -1.76. The number of carboxylic acid groups (broad SMARTS) is 2. The minimum atomic E-state index is -1.19. The molecule has 69 valence electrons. The maximum absolute atomic E-state index is 9.49. The van der Waals surface area contributed by atoms with E-state index >= 15 is 0 Å². The van der Waals surface area contributed by atoms with E-state index in [1.807, 2.05) is 0 Å². The third-order valence-electron chi connectivity index (χ3n) is 0.697. The summed E-state index contributed by atoms with van der Waals surface area (Å²) in [6.45, 7) is 8.95. The van der Waals surface area contributed by atoms with Crippen LogP contribution in [0.15, 0.2) is 24.3 Å². The molecule has 1 radical (unpaired) electrons. The Bertz CT molecular complexity index is 172. The molecule has 5 heteroatoms. The summed E-state index contributed by atoms with van der Waals surface area (Å²) in [5.74, 6) is -2.37. The van der Waals surface area contributed by atoms with Crippen LogP contribution in [0.1, 0.15) is 13.8 Å². The van der Waals surface area contributed by atoms with Crippen LogP contribution < -0.4 is 10.2 Å². The van der Waals surface area contributed by atoms with Crippen molar-refractivity contribution in [3.63, 3.8) is 0 Å². The first-order chi connectivity index (χ1) is 5.29. The van der Waals surface area contributed by atoms with Gasteiger partial charge in [0, 0.05) is 0 Å². The van der Waals surface area contributed by atoms with E-state index in [9.17, 15) is 19.8 Å². The molecule has 0 aliphatic carbocycles. The third kappa shape index (κ3) is 18.2. The monoisotopic (exact) mass is 197 g/mol. The van der Waals surface area contributed by atoms with E-state index in [2.05, 4.69) is 13.2 Å². The van der Waals surface area contributed by atoms with Crippen molar-refractivity contribution in [2.75, 3.05) is 0 Å². The van der Waals surface area contributed by atoms with E-state index in [0.717, 1.165) is 0 Å². The van der Waals surface area contributed by atoms with Crippen LogP contribution in [0.2, 0.25) is 0 Å². The minimum absolute atomic E-state index is 0. The average molecular weight is 197 g/mol. The van der Waals surface area contributed by atoms with Crippen molar-refractivity contribution in [1.29, 1.82) is 0 Å². The van der Waals surface area contributed by atoms with E-state index in [1.54, 1.807) is 0 Å². The van der Waals surface area contributed by atoms with Gasteiger partial charge < -0.3 is 19.8 Å². The van der Waals surface area contributed by atoms with Crippen LogP contribution in [0.3, 0.4) is 0 Å². The van der Waals surface area contributed by atoms with Crippen LogP contribution in [-0.2, 0) is 9.59 Å². The summed E-state index contributed by atoms with van der Waals surface area (Å²) in [5, 5.41) is 19.0. The Morgan fingerprint density at radius 3 is 1.00 bits per heavy atom. The van der Waals surface area contributed by atoms with Gasteiger partial charge in [0.25, 0.3) is 0 Å². The maximum atomic E-state index is 9.49. The summed E-state index contributed by atoms with van der Waals surface area (Å²) >= 11 is 0. The van der Waals surface area contributed by atoms with Crippen LogP contribution in [0.4, 0.5) is 0 Å². The molecule has 13 heavy (non-hydrogen) atoms. The molecule has 0 bridgehead atoms. The summed E-state index contributed by atoms with van der Waals surface area (Å²) in [7, 11) is 0. The maximum Gasteiger partial charge on any atom is 2.00 e. The molecule has 0 N–H and O–H groups in total. The van der Waals surface area contributed by atoms with Crippen LogP contribution in [0.25, 0.3) is 0 Å². The van der Waals surface area contributed by atoms with E-state index in [4.69, 9.17) is 0 Å². The first-order valence-electron chi connectivity index (χ1n) is 3.02. The Balaban J connectivity index is -0.000000143. The normalized spacial score (nSPS) is 6.92. The number of carbonyl (C=O) groups excluding carboxylic acids is 2. The van der Waals surface area contributed by atoms with Crippen molar-refractivity contribution in [3.8, 4) is 0 Å². The largest absolute Gasteiger partial charge is 2.00 e. The van der Waals surface area contributed by atoms with Gasteiger partial charge in [-0.1, -0.05) is 13.2 Å². The predicted molar refractivity (Wildman–Crippen MR) is 45.4 cm³/mol. The molecule has 0 aromatic heterocycles. The first-order valence-corrected chi connectivity index (χ1v) is 3.02. The summed E-state index contributed by atoms with van der Waals surface area (Å²) in [6.07, 6.45) is 0. The van der Waals surface area contributed by atoms with Crippen molar-refractivity contribution in [3.05, 3.63) is 24.3 Å². The minimum Gasteiger partial charge on any atom is -0.545 e. The Hall–Kier alpha value is -1.05. The molecular formula is C8H10AlO4. The topological polar surface area (TPSA) is 80.3 Å². The molecule has 0 saturated heterocycles. The van der Waals surface area contributed by atoms with Gasteiger partial charge in [0.1, 0.15) is 0 Å². The third-order valence-corrected chi connectivity index (χ3v) is 0.697. The molecule has 0 aromatic carbocycles. The molecule has 0 unspecified atom stereocenters. The molecule has 0 rings (SSSR count). The first kappa shape index (κ1) is 17.9. The van der Waals surface area contributed by atoms with Gasteiger partial charge >= 0.3 is 17.4 Å². The quantitative estimate of drug-likeness (QED) is 0.388. The summed E-state index contributed by atoms with van der Waals surface area (Å²) in [4.78, 5) is 19.0. The Morgan fingerprint density at radius 2 is 1.00 bits per heavy atom. The van der Waals surface area contributed by atoms with Gasteiger partial charge in [-0.2, -0.15) is 0 Å². The SMILES string of the molecule is C=C(C)C(=O)[O-].C=C(C)C(=O)[O-].[Al+2]. The zero-order valence-corrected chi connectivity index (χ0v) is 8.78. The zero-order valence-electron chi connectivity index (χ0n) is 7.62. The standard InChI is InChI=1S/2C4H6O2.Al/c2*1-3(2)4(5)6;/h2*1H2,2H3,(H,5,6);/q;;+2/p-2. The number of rotatable bonds is 2. The molecule has 0 fully saturated rings. The van der Waals surface area contributed by atoms with E-state index < -0.39 is 11.9 Å². The molecule has 0 saturated carbocycles. The van der Waals surface area contributed by atoms with E-state index in [1.165, 1.54) is 13.8 Å². The van der Waals surface area contributed by atoms with Gasteiger partial charge in [0.15, 0.2) is 0 Å². The second-order valence-corrected chi connectivity index (χ2v) is 2.14. The zero-order chi connectivity index (χ0) is 10.3. The fourth-order valence-electron chi connectivity index (χ4n) is 0. The molecule has 0 atom stereocenters. The van der Waals surface area contributed by atoms with Crippen LogP contribution in [0, 0.1) is 0 Å². The molecular weight excluding hydrogens is 187 g/mol. The number of hydrogen-bond acceptors (Lipinski definition) is 4. The fourth-order valence-corrected chi connectivity index (χ4v) is 0. The molecule has 0 amide bonds. The van der Waals surface area contributed by atoms with Gasteiger partial charge in [0.2, 0.25) is 0 Å². The van der Waals surface area contributed by atoms with Crippen LogP contribution in [0.5, 0.6) is 0 Å². The van der Waals surface area contributed by atoms with Crippen molar-refractivity contribution >= 4 is 29.3 Å². The van der Waals surface area contributed by atoms with Gasteiger partial charge in [-0.05, 0) is 25.0 Å². The van der Waals surface area contributed by atoms with Crippen molar-refractivity contribution < 1.29 is 19.8 Å². The number of aliphatic carboxylic acids is 2. The fraction of sp³-hybridized carbons (Fsp3) is 0.250. The van der Waals surface area contributed by atoms with Crippen LogP contribution in [-0.4, -0.2) is 29.3 Å². The summed E-state index contributed by atoms with van der Waals surface area (Å²) in [5.41, 5.74) is 0.130. The van der Waals surface area contributed by atoms with E-state index in [-0.39, 0.29) is 28.5 Å². The molecule has 0 aliphatic heterocycles. The second kappa shape index (κ2) is 9.04. The molecule has 0 spiro atoms. The number of hydrogen-bond donors (Lipinski definition) is 0.